The molecule has 0 fully saturated rings. The van der Waals surface area contributed by atoms with E-state index >= 15 is 0 Å². The van der Waals surface area contributed by atoms with Crippen molar-refractivity contribution in [2.45, 2.75) is 32.2 Å². The highest BCUT2D eigenvalue weighted by atomic mass is 16.3. The SMILES string of the molecule is C[C@@H](Cc1ccoc1)NC(=O)CCc1ccccc1. The molecule has 0 spiro atoms. The van der Waals surface area contributed by atoms with Crippen molar-refractivity contribution < 1.29 is 9.21 Å². The molecule has 1 N–H and O–H groups in total. The zero-order valence-electron chi connectivity index (χ0n) is 11.1. The molecule has 0 aliphatic heterocycles. The quantitative estimate of drug-likeness (QED) is 0.864. The Hall–Kier alpha value is -2.03. The third kappa shape index (κ3) is 4.62. The molecular weight excluding hydrogens is 238 g/mol. The van der Waals surface area contributed by atoms with Crippen molar-refractivity contribution in [3.63, 3.8) is 0 Å². The Labute approximate surface area is 113 Å². The number of hydrogen-bond acceptors (Lipinski definition) is 2. The molecular formula is C16H19NO2. The van der Waals surface area contributed by atoms with Gasteiger partial charge in [-0.2, -0.15) is 0 Å². The summed E-state index contributed by atoms with van der Waals surface area (Å²) in [4.78, 5) is 11.8. The molecule has 0 aliphatic rings. The molecule has 100 valence electrons. The van der Waals surface area contributed by atoms with Gasteiger partial charge in [0.25, 0.3) is 0 Å². The standard InChI is InChI=1S/C16H19NO2/c1-13(11-15-9-10-19-12-15)17-16(18)8-7-14-5-3-2-4-6-14/h2-6,9-10,12-13H,7-8,11H2,1H3,(H,17,18)/t13-/m0/s1. The fourth-order valence-corrected chi connectivity index (χ4v) is 2.06. The summed E-state index contributed by atoms with van der Waals surface area (Å²) in [5, 5.41) is 3.01. The second-order valence-corrected chi connectivity index (χ2v) is 4.79. The molecule has 0 saturated heterocycles. The monoisotopic (exact) mass is 257 g/mol. The number of rotatable bonds is 6. The predicted molar refractivity (Wildman–Crippen MR) is 74.8 cm³/mol. The lowest BCUT2D eigenvalue weighted by molar-refractivity contribution is -0.121. The summed E-state index contributed by atoms with van der Waals surface area (Å²) in [6, 6.07) is 12.1. The average Bonchev–Trinajstić information content (AvgIpc) is 2.90. The van der Waals surface area contributed by atoms with Gasteiger partial charge in [-0.15, -0.1) is 0 Å². The molecule has 3 heteroatoms. The molecule has 0 unspecified atom stereocenters. The van der Waals surface area contributed by atoms with E-state index in [4.69, 9.17) is 4.42 Å². The van der Waals surface area contributed by atoms with Crippen LogP contribution in [0.3, 0.4) is 0 Å². The third-order valence-electron chi connectivity index (χ3n) is 3.01. The summed E-state index contributed by atoms with van der Waals surface area (Å²) in [6.45, 7) is 2.01. The lowest BCUT2D eigenvalue weighted by Crippen LogP contribution is -2.34. The summed E-state index contributed by atoms with van der Waals surface area (Å²) in [7, 11) is 0. The summed E-state index contributed by atoms with van der Waals surface area (Å²) in [5.74, 6) is 0.0971. The number of benzene rings is 1. The van der Waals surface area contributed by atoms with Gasteiger partial charge in [0.2, 0.25) is 5.91 Å². The number of hydrogen-bond donors (Lipinski definition) is 1. The van der Waals surface area contributed by atoms with E-state index in [9.17, 15) is 4.79 Å². The van der Waals surface area contributed by atoms with Crippen LogP contribution < -0.4 is 5.32 Å². The van der Waals surface area contributed by atoms with Crippen LogP contribution in [0.5, 0.6) is 0 Å². The normalized spacial score (nSPS) is 12.1. The first-order valence-electron chi connectivity index (χ1n) is 6.58. The molecule has 3 nitrogen and oxygen atoms in total. The minimum absolute atomic E-state index is 0.0971. The molecule has 2 rings (SSSR count). The van der Waals surface area contributed by atoms with Gasteiger partial charge >= 0.3 is 0 Å². The first kappa shape index (κ1) is 13.4. The Morgan fingerprint density at radius 3 is 2.68 bits per heavy atom. The number of aryl methyl sites for hydroxylation is 1. The first-order chi connectivity index (χ1) is 9.24. The molecule has 1 amide bonds. The van der Waals surface area contributed by atoms with Crippen molar-refractivity contribution in [1.82, 2.24) is 5.32 Å². The van der Waals surface area contributed by atoms with Crippen LogP contribution in [0.1, 0.15) is 24.5 Å². The van der Waals surface area contributed by atoms with E-state index < -0.39 is 0 Å². The van der Waals surface area contributed by atoms with Gasteiger partial charge in [0, 0.05) is 12.5 Å². The van der Waals surface area contributed by atoms with Crippen LogP contribution in [0, 0.1) is 0 Å². The number of carbonyl (C=O) groups is 1. The maximum absolute atomic E-state index is 11.8. The number of furan rings is 1. The Bertz CT molecular complexity index is 491. The second kappa shape index (κ2) is 6.78. The molecule has 1 aromatic carbocycles. The molecule has 0 bridgehead atoms. The van der Waals surface area contributed by atoms with Gasteiger partial charge in [-0.05, 0) is 37.0 Å². The molecule has 2 aromatic rings. The number of carbonyl (C=O) groups excluding carboxylic acids is 1. The number of nitrogens with one attached hydrogen (secondary N) is 1. The Morgan fingerprint density at radius 1 is 1.21 bits per heavy atom. The molecule has 0 aliphatic carbocycles. The number of amides is 1. The third-order valence-corrected chi connectivity index (χ3v) is 3.01. The lowest BCUT2D eigenvalue weighted by atomic mass is 10.1. The maximum Gasteiger partial charge on any atom is 0.220 e. The predicted octanol–water partition coefficient (Wildman–Crippen LogP) is 2.96. The highest BCUT2D eigenvalue weighted by Gasteiger charge is 2.08. The Balaban J connectivity index is 1.72. The van der Waals surface area contributed by atoms with E-state index in [1.165, 1.54) is 5.56 Å². The fourth-order valence-electron chi connectivity index (χ4n) is 2.06. The van der Waals surface area contributed by atoms with E-state index in [-0.39, 0.29) is 11.9 Å². The van der Waals surface area contributed by atoms with Gasteiger partial charge in [-0.25, -0.2) is 0 Å². The van der Waals surface area contributed by atoms with Gasteiger partial charge < -0.3 is 9.73 Å². The fraction of sp³-hybridized carbons (Fsp3) is 0.312. The van der Waals surface area contributed by atoms with E-state index in [1.54, 1.807) is 12.5 Å². The molecule has 1 atom stereocenters. The maximum atomic E-state index is 11.8. The van der Waals surface area contributed by atoms with E-state index in [1.807, 2.05) is 43.3 Å². The van der Waals surface area contributed by atoms with Gasteiger partial charge in [0.05, 0.1) is 12.5 Å². The van der Waals surface area contributed by atoms with Crippen molar-refractivity contribution in [3.05, 3.63) is 60.1 Å². The summed E-state index contributed by atoms with van der Waals surface area (Å²) in [6.07, 6.45) is 5.48. The van der Waals surface area contributed by atoms with Crippen LogP contribution in [0.2, 0.25) is 0 Å². The molecule has 0 saturated carbocycles. The molecule has 0 radical (unpaired) electrons. The second-order valence-electron chi connectivity index (χ2n) is 4.79. The van der Waals surface area contributed by atoms with E-state index in [0.717, 1.165) is 18.4 Å². The minimum Gasteiger partial charge on any atom is -0.472 e. The summed E-state index contributed by atoms with van der Waals surface area (Å²) < 4.78 is 5.01. The van der Waals surface area contributed by atoms with Crippen LogP contribution >= 0.6 is 0 Å². The zero-order chi connectivity index (χ0) is 13.5. The van der Waals surface area contributed by atoms with E-state index in [2.05, 4.69) is 5.32 Å². The summed E-state index contributed by atoms with van der Waals surface area (Å²) >= 11 is 0. The van der Waals surface area contributed by atoms with Gasteiger partial charge in [-0.1, -0.05) is 30.3 Å². The molecule has 19 heavy (non-hydrogen) atoms. The van der Waals surface area contributed by atoms with Gasteiger partial charge in [0.15, 0.2) is 0 Å². The highest BCUT2D eigenvalue weighted by Crippen LogP contribution is 2.05. The van der Waals surface area contributed by atoms with Crippen LogP contribution in [0.4, 0.5) is 0 Å². The van der Waals surface area contributed by atoms with Crippen LogP contribution in [0.25, 0.3) is 0 Å². The first-order valence-corrected chi connectivity index (χ1v) is 6.58. The smallest absolute Gasteiger partial charge is 0.220 e. The highest BCUT2D eigenvalue weighted by molar-refractivity contribution is 5.76. The zero-order valence-corrected chi connectivity index (χ0v) is 11.1. The van der Waals surface area contributed by atoms with Gasteiger partial charge in [0.1, 0.15) is 0 Å². The largest absolute Gasteiger partial charge is 0.472 e. The molecule has 1 aromatic heterocycles. The topological polar surface area (TPSA) is 42.2 Å². The van der Waals surface area contributed by atoms with Crippen molar-refractivity contribution in [3.8, 4) is 0 Å². The Morgan fingerprint density at radius 2 is 2.00 bits per heavy atom. The van der Waals surface area contributed by atoms with Crippen molar-refractivity contribution in [2.75, 3.05) is 0 Å². The average molecular weight is 257 g/mol. The van der Waals surface area contributed by atoms with Gasteiger partial charge in [-0.3, -0.25) is 4.79 Å². The van der Waals surface area contributed by atoms with Crippen LogP contribution in [-0.2, 0) is 17.6 Å². The van der Waals surface area contributed by atoms with Crippen LogP contribution in [0.15, 0.2) is 53.3 Å². The van der Waals surface area contributed by atoms with Crippen molar-refractivity contribution in [2.24, 2.45) is 0 Å². The van der Waals surface area contributed by atoms with Crippen molar-refractivity contribution >= 4 is 5.91 Å². The van der Waals surface area contributed by atoms with E-state index in [0.29, 0.717) is 6.42 Å². The van der Waals surface area contributed by atoms with Crippen LogP contribution in [-0.4, -0.2) is 11.9 Å². The lowest BCUT2D eigenvalue weighted by Gasteiger charge is -2.12. The minimum atomic E-state index is 0.0971. The Kier molecular flexibility index (Phi) is 4.78. The summed E-state index contributed by atoms with van der Waals surface area (Å²) in [5.41, 5.74) is 2.30. The molecule has 1 heterocycles. The van der Waals surface area contributed by atoms with Crippen molar-refractivity contribution in [1.29, 1.82) is 0 Å².